The van der Waals surface area contributed by atoms with Crippen LogP contribution in [0.25, 0.3) is 11.5 Å². The highest BCUT2D eigenvalue weighted by molar-refractivity contribution is 6.35. The number of halogens is 2. The SMILES string of the molecule is CC(N)c1noc(-c2cc(Cl)ccc2Cl)n1. The summed E-state index contributed by atoms with van der Waals surface area (Å²) in [6, 6.07) is 4.75. The fraction of sp³-hybridized carbons (Fsp3) is 0.200. The molecule has 16 heavy (non-hydrogen) atoms. The van der Waals surface area contributed by atoms with Gasteiger partial charge in [0.15, 0.2) is 5.82 Å². The first kappa shape index (κ1) is 11.4. The van der Waals surface area contributed by atoms with Gasteiger partial charge in [0, 0.05) is 5.02 Å². The van der Waals surface area contributed by atoms with Crippen molar-refractivity contribution < 1.29 is 4.52 Å². The summed E-state index contributed by atoms with van der Waals surface area (Å²) in [5.41, 5.74) is 6.23. The summed E-state index contributed by atoms with van der Waals surface area (Å²) in [6.45, 7) is 1.77. The van der Waals surface area contributed by atoms with Crippen molar-refractivity contribution in [3.8, 4) is 11.5 Å². The zero-order valence-corrected chi connectivity index (χ0v) is 9.96. The molecule has 1 unspecified atom stereocenters. The minimum atomic E-state index is -0.282. The van der Waals surface area contributed by atoms with Crippen LogP contribution in [0.1, 0.15) is 18.8 Å². The molecular formula is C10H9Cl2N3O. The van der Waals surface area contributed by atoms with E-state index < -0.39 is 0 Å². The van der Waals surface area contributed by atoms with Crippen LogP contribution in [-0.2, 0) is 0 Å². The average molecular weight is 258 g/mol. The van der Waals surface area contributed by atoms with Gasteiger partial charge in [0.25, 0.3) is 5.89 Å². The van der Waals surface area contributed by atoms with Crippen LogP contribution in [0.3, 0.4) is 0 Å². The van der Waals surface area contributed by atoms with E-state index in [0.29, 0.717) is 27.3 Å². The summed E-state index contributed by atoms with van der Waals surface area (Å²) in [4.78, 5) is 4.14. The number of rotatable bonds is 2. The van der Waals surface area contributed by atoms with Gasteiger partial charge in [-0.05, 0) is 25.1 Å². The highest BCUT2D eigenvalue weighted by atomic mass is 35.5. The predicted molar refractivity (Wildman–Crippen MR) is 62.4 cm³/mol. The molecule has 0 bridgehead atoms. The van der Waals surface area contributed by atoms with E-state index in [1.807, 2.05) is 0 Å². The number of benzene rings is 1. The lowest BCUT2D eigenvalue weighted by atomic mass is 10.2. The van der Waals surface area contributed by atoms with Crippen LogP contribution in [0.15, 0.2) is 22.7 Å². The van der Waals surface area contributed by atoms with E-state index in [2.05, 4.69) is 10.1 Å². The van der Waals surface area contributed by atoms with E-state index in [0.717, 1.165) is 0 Å². The van der Waals surface area contributed by atoms with Crippen LogP contribution in [0, 0.1) is 0 Å². The first-order valence-electron chi connectivity index (χ1n) is 4.62. The van der Waals surface area contributed by atoms with Crippen LogP contribution < -0.4 is 5.73 Å². The van der Waals surface area contributed by atoms with E-state index in [4.69, 9.17) is 33.5 Å². The maximum absolute atomic E-state index is 6.00. The largest absolute Gasteiger partial charge is 0.334 e. The molecule has 1 atom stereocenters. The molecule has 1 aromatic heterocycles. The topological polar surface area (TPSA) is 64.9 Å². The van der Waals surface area contributed by atoms with Gasteiger partial charge >= 0.3 is 0 Å². The Bertz CT molecular complexity index is 511. The van der Waals surface area contributed by atoms with Crippen LogP contribution in [-0.4, -0.2) is 10.1 Å². The van der Waals surface area contributed by atoms with E-state index in [9.17, 15) is 0 Å². The number of nitrogens with zero attached hydrogens (tertiary/aromatic N) is 2. The molecule has 2 aromatic rings. The molecule has 84 valence electrons. The summed E-state index contributed by atoms with van der Waals surface area (Å²) in [5, 5.41) is 4.81. The molecule has 2 rings (SSSR count). The maximum Gasteiger partial charge on any atom is 0.259 e. The third-order valence-corrected chi connectivity index (χ3v) is 2.57. The molecule has 0 aliphatic carbocycles. The Hall–Kier alpha value is -1.10. The maximum atomic E-state index is 6.00. The molecule has 2 N–H and O–H groups in total. The second-order valence-corrected chi connectivity index (χ2v) is 4.21. The number of hydrogen-bond acceptors (Lipinski definition) is 4. The van der Waals surface area contributed by atoms with Gasteiger partial charge in [-0.15, -0.1) is 0 Å². The summed E-state index contributed by atoms with van der Waals surface area (Å²) in [7, 11) is 0. The van der Waals surface area contributed by atoms with Crippen molar-refractivity contribution in [1.29, 1.82) is 0 Å². The van der Waals surface area contributed by atoms with E-state index in [-0.39, 0.29) is 6.04 Å². The zero-order chi connectivity index (χ0) is 11.7. The minimum absolute atomic E-state index is 0.282. The molecule has 0 spiro atoms. The third kappa shape index (κ3) is 2.19. The molecule has 6 heteroatoms. The second kappa shape index (κ2) is 4.41. The van der Waals surface area contributed by atoms with Crippen molar-refractivity contribution in [3.05, 3.63) is 34.1 Å². The third-order valence-electron chi connectivity index (χ3n) is 2.01. The molecule has 0 saturated carbocycles. The van der Waals surface area contributed by atoms with Crippen LogP contribution in [0.4, 0.5) is 0 Å². The number of hydrogen-bond donors (Lipinski definition) is 1. The lowest BCUT2D eigenvalue weighted by molar-refractivity contribution is 0.418. The summed E-state index contributed by atoms with van der Waals surface area (Å²) in [5.74, 6) is 0.755. The van der Waals surface area contributed by atoms with E-state index in [1.165, 1.54) is 0 Å². The first-order valence-corrected chi connectivity index (χ1v) is 5.38. The Morgan fingerprint density at radius 3 is 2.75 bits per heavy atom. The molecule has 4 nitrogen and oxygen atoms in total. The van der Waals surface area contributed by atoms with Crippen molar-refractivity contribution in [1.82, 2.24) is 10.1 Å². The lowest BCUT2D eigenvalue weighted by Crippen LogP contribution is -2.06. The van der Waals surface area contributed by atoms with Crippen LogP contribution >= 0.6 is 23.2 Å². The normalized spacial score (nSPS) is 12.8. The molecule has 0 aliphatic heterocycles. The average Bonchev–Trinajstić information content (AvgIpc) is 2.70. The van der Waals surface area contributed by atoms with Gasteiger partial charge in [0.1, 0.15) is 0 Å². The van der Waals surface area contributed by atoms with Gasteiger partial charge < -0.3 is 10.3 Å². The zero-order valence-electron chi connectivity index (χ0n) is 8.45. The van der Waals surface area contributed by atoms with Gasteiger partial charge in [-0.3, -0.25) is 0 Å². The van der Waals surface area contributed by atoms with Gasteiger partial charge in [-0.25, -0.2) is 0 Å². The quantitative estimate of drug-likeness (QED) is 0.898. The fourth-order valence-corrected chi connectivity index (χ4v) is 1.56. The van der Waals surface area contributed by atoms with Gasteiger partial charge in [0.2, 0.25) is 0 Å². The number of nitrogens with two attached hydrogens (primary N) is 1. The van der Waals surface area contributed by atoms with E-state index >= 15 is 0 Å². The Morgan fingerprint density at radius 2 is 2.12 bits per heavy atom. The molecule has 0 fully saturated rings. The Balaban J connectivity index is 2.46. The first-order chi connectivity index (χ1) is 7.58. The van der Waals surface area contributed by atoms with Crippen molar-refractivity contribution in [3.63, 3.8) is 0 Å². The summed E-state index contributed by atoms with van der Waals surface area (Å²) >= 11 is 11.9. The Kier molecular flexibility index (Phi) is 3.14. The molecule has 0 amide bonds. The van der Waals surface area contributed by atoms with Gasteiger partial charge in [0.05, 0.1) is 16.6 Å². The molecular weight excluding hydrogens is 249 g/mol. The molecule has 0 saturated heterocycles. The molecule has 1 aromatic carbocycles. The van der Waals surface area contributed by atoms with Crippen molar-refractivity contribution in [2.75, 3.05) is 0 Å². The highest BCUT2D eigenvalue weighted by Gasteiger charge is 2.14. The van der Waals surface area contributed by atoms with Crippen LogP contribution in [0.5, 0.6) is 0 Å². The molecule has 0 radical (unpaired) electrons. The Labute approximate surface area is 102 Å². The Morgan fingerprint density at radius 1 is 1.38 bits per heavy atom. The monoisotopic (exact) mass is 257 g/mol. The second-order valence-electron chi connectivity index (χ2n) is 3.37. The highest BCUT2D eigenvalue weighted by Crippen LogP contribution is 2.29. The summed E-state index contributed by atoms with van der Waals surface area (Å²) in [6.07, 6.45) is 0. The minimum Gasteiger partial charge on any atom is -0.334 e. The predicted octanol–water partition coefficient (Wildman–Crippen LogP) is 3.06. The molecule has 1 heterocycles. The smallest absolute Gasteiger partial charge is 0.259 e. The van der Waals surface area contributed by atoms with Crippen LogP contribution in [0.2, 0.25) is 10.0 Å². The number of aromatic nitrogens is 2. The van der Waals surface area contributed by atoms with Crippen molar-refractivity contribution in [2.45, 2.75) is 13.0 Å². The van der Waals surface area contributed by atoms with E-state index in [1.54, 1.807) is 25.1 Å². The van der Waals surface area contributed by atoms with Crippen molar-refractivity contribution in [2.24, 2.45) is 5.73 Å². The fourth-order valence-electron chi connectivity index (χ4n) is 1.19. The standard InChI is InChI=1S/C10H9Cl2N3O/c1-5(13)9-14-10(16-15-9)7-4-6(11)2-3-8(7)12/h2-5H,13H2,1H3. The van der Waals surface area contributed by atoms with Crippen molar-refractivity contribution >= 4 is 23.2 Å². The summed E-state index contributed by atoms with van der Waals surface area (Å²) < 4.78 is 5.06. The lowest BCUT2D eigenvalue weighted by Gasteiger charge is -1.98. The van der Waals surface area contributed by atoms with Gasteiger partial charge in [-0.2, -0.15) is 4.98 Å². The van der Waals surface area contributed by atoms with Gasteiger partial charge in [-0.1, -0.05) is 28.4 Å². The molecule has 0 aliphatic rings.